The van der Waals surface area contributed by atoms with Crippen LogP contribution < -0.4 is 5.73 Å². The van der Waals surface area contributed by atoms with Crippen molar-refractivity contribution < 1.29 is 0 Å². The van der Waals surface area contributed by atoms with E-state index in [1.807, 2.05) is 50.5 Å². The van der Waals surface area contributed by atoms with Gasteiger partial charge in [0, 0.05) is 29.0 Å². The summed E-state index contributed by atoms with van der Waals surface area (Å²) in [6, 6.07) is 9.95. The molecule has 0 saturated heterocycles. The fourth-order valence-corrected chi connectivity index (χ4v) is 2.57. The smallest absolute Gasteiger partial charge is 0.0998 e. The van der Waals surface area contributed by atoms with Gasteiger partial charge >= 0.3 is 0 Å². The van der Waals surface area contributed by atoms with Gasteiger partial charge in [0.2, 0.25) is 0 Å². The summed E-state index contributed by atoms with van der Waals surface area (Å²) in [5, 5.41) is 10.1. The highest BCUT2D eigenvalue weighted by Gasteiger charge is 2.10. The monoisotopic (exact) mass is 276 g/mol. The van der Waals surface area contributed by atoms with Gasteiger partial charge < -0.3 is 10.3 Å². The maximum Gasteiger partial charge on any atom is 0.0998 e. The molecule has 0 radical (unpaired) electrons. The number of anilines is 1. The molecule has 104 valence electrons. The molecule has 2 N–H and O–H groups in total. The first kappa shape index (κ1) is 13.2. The number of benzene rings is 1. The lowest BCUT2D eigenvalue weighted by molar-refractivity contribution is 0.799. The van der Waals surface area contributed by atoms with Crippen molar-refractivity contribution in [2.75, 3.05) is 5.73 Å². The van der Waals surface area contributed by atoms with E-state index in [-0.39, 0.29) is 0 Å². The van der Waals surface area contributed by atoms with E-state index in [2.05, 4.69) is 15.6 Å². The van der Waals surface area contributed by atoms with Gasteiger partial charge in [-0.15, -0.1) is 0 Å². The van der Waals surface area contributed by atoms with Gasteiger partial charge in [-0.25, -0.2) is 0 Å². The average molecular weight is 276 g/mol. The first-order valence-electron chi connectivity index (χ1n) is 6.80. The molecule has 0 saturated carbocycles. The number of nitrogen functional groups attached to an aromatic ring is 1. The highest BCUT2D eigenvalue weighted by molar-refractivity contribution is 5.86. The van der Waals surface area contributed by atoms with Gasteiger partial charge in [-0.3, -0.25) is 4.98 Å². The topological polar surface area (TPSA) is 67.6 Å². The number of rotatable bonds is 2. The normalized spacial score (nSPS) is 10.7. The van der Waals surface area contributed by atoms with Crippen molar-refractivity contribution in [3.63, 3.8) is 0 Å². The number of aromatic nitrogens is 2. The van der Waals surface area contributed by atoms with E-state index in [1.54, 1.807) is 0 Å². The Kier molecular flexibility index (Phi) is 3.11. The predicted octanol–water partition coefficient (Wildman–Crippen LogP) is 3.16. The highest BCUT2D eigenvalue weighted by atomic mass is 15.0. The zero-order valence-corrected chi connectivity index (χ0v) is 12.1. The lowest BCUT2D eigenvalue weighted by atomic mass is 10.1. The van der Waals surface area contributed by atoms with Crippen LogP contribution >= 0.6 is 0 Å². The number of hydrogen-bond donors (Lipinski definition) is 1. The Bertz CT molecular complexity index is 868. The number of fused-ring (bicyclic) bond motifs is 1. The number of aryl methyl sites for hydroxylation is 1. The summed E-state index contributed by atoms with van der Waals surface area (Å²) in [5.41, 5.74) is 11.6. The summed E-state index contributed by atoms with van der Waals surface area (Å²) in [4.78, 5) is 4.50. The molecule has 2 heterocycles. The van der Waals surface area contributed by atoms with Crippen LogP contribution in [-0.4, -0.2) is 9.55 Å². The molecule has 0 aliphatic heterocycles. The van der Waals surface area contributed by atoms with Gasteiger partial charge in [-0.1, -0.05) is 6.07 Å². The molecule has 0 fully saturated rings. The Morgan fingerprint density at radius 1 is 1.29 bits per heavy atom. The van der Waals surface area contributed by atoms with Crippen molar-refractivity contribution in [1.29, 1.82) is 5.26 Å². The summed E-state index contributed by atoms with van der Waals surface area (Å²) >= 11 is 0. The molecule has 4 nitrogen and oxygen atoms in total. The summed E-state index contributed by atoms with van der Waals surface area (Å²) in [6.07, 6.45) is 3.80. The van der Waals surface area contributed by atoms with Crippen LogP contribution in [-0.2, 0) is 6.54 Å². The van der Waals surface area contributed by atoms with Crippen LogP contribution in [0.4, 0.5) is 5.69 Å². The summed E-state index contributed by atoms with van der Waals surface area (Å²) in [6.45, 7) is 4.61. The lowest BCUT2D eigenvalue weighted by Gasteiger charge is -2.11. The summed E-state index contributed by atoms with van der Waals surface area (Å²) in [7, 11) is 0. The number of pyridine rings is 1. The second-order valence-electron chi connectivity index (χ2n) is 5.22. The average Bonchev–Trinajstić information content (AvgIpc) is 2.91. The van der Waals surface area contributed by atoms with Crippen LogP contribution in [0, 0.1) is 25.2 Å². The van der Waals surface area contributed by atoms with E-state index in [0.29, 0.717) is 12.1 Å². The Labute approximate surface area is 123 Å². The number of nitriles is 1. The maximum absolute atomic E-state index is 9.16. The number of hydrogen-bond acceptors (Lipinski definition) is 3. The van der Waals surface area contributed by atoms with Gasteiger partial charge in [-0.05, 0) is 43.2 Å². The molecule has 1 aromatic carbocycles. The van der Waals surface area contributed by atoms with Crippen molar-refractivity contribution in [2.24, 2.45) is 0 Å². The molecule has 0 atom stereocenters. The standard InChI is InChI=1S/C17H16N4/c1-11-9-20-15(12(2)17(11)19)10-21-7-6-14-13(8-18)4-3-5-16(14)21/h3-7,9H,10H2,1-2H3,(H2,19,20). The molecular formula is C17H16N4. The van der Waals surface area contributed by atoms with Crippen molar-refractivity contribution in [3.8, 4) is 6.07 Å². The van der Waals surface area contributed by atoms with E-state index >= 15 is 0 Å². The van der Waals surface area contributed by atoms with E-state index in [9.17, 15) is 0 Å². The third kappa shape index (κ3) is 2.13. The molecule has 0 amide bonds. The van der Waals surface area contributed by atoms with E-state index in [4.69, 9.17) is 11.0 Å². The fraction of sp³-hybridized carbons (Fsp3) is 0.176. The molecule has 2 aromatic heterocycles. The predicted molar refractivity (Wildman–Crippen MR) is 83.9 cm³/mol. The molecule has 0 bridgehead atoms. The summed E-state index contributed by atoms with van der Waals surface area (Å²) in [5.74, 6) is 0. The van der Waals surface area contributed by atoms with Crippen LogP contribution in [0.3, 0.4) is 0 Å². The van der Waals surface area contributed by atoms with Crippen LogP contribution in [0.25, 0.3) is 10.9 Å². The second kappa shape index (κ2) is 4.95. The largest absolute Gasteiger partial charge is 0.398 e. The Balaban J connectivity index is 2.08. The minimum atomic E-state index is 0.648. The van der Waals surface area contributed by atoms with Crippen molar-refractivity contribution in [1.82, 2.24) is 9.55 Å². The Hall–Kier alpha value is -2.80. The van der Waals surface area contributed by atoms with Crippen LogP contribution in [0.1, 0.15) is 22.4 Å². The van der Waals surface area contributed by atoms with Gasteiger partial charge in [0.15, 0.2) is 0 Å². The first-order chi connectivity index (χ1) is 10.1. The van der Waals surface area contributed by atoms with Gasteiger partial charge in [0.05, 0.1) is 23.9 Å². The van der Waals surface area contributed by atoms with Gasteiger partial charge in [-0.2, -0.15) is 5.26 Å². The third-order valence-electron chi connectivity index (χ3n) is 3.93. The van der Waals surface area contributed by atoms with Crippen molar-refractivity contribution in [2.45, 2.75) is 20.4 Å². The Morgan fingerprint density at radius 2 is 2.10 bits per heavy atom. The molecule has 0 aliphatic rings. The lowest BCUT2D eigenvalue weighted by Crippen LogP contribution is -2.06. The molecule has 0 aliphatic carbocycles. The molecule has 21 heavy (non-hydrogen) atoms. The first-order valence-corrected chi connectivity index (χ1v) is 6.80. The minimum Gasteiger partial charge on any atom is -0.398 e. The third-order valence-corrected chi connectivity index (χ3v) is 3.93. The van der Waals surface area contributed by atoms with Crippen LogP contribution in [0.15, 0.2) is 36.7 Å². The number of nitrogens with zero attached hydrogens (tertiary/aromatic N) is 3. The highest BCUT2D eigenvalue weighted by Crippen LogP contribution is 2.23. The zero-order valence-electron chi connectivity index (χ0n) is 12.1. The van der Waals surface area contributed by atoms with Crippen molar-refractivity contribution >= 4 is 16.6 Å². The second-order valence-corrected chi connectivity index (χ2v) is 5.22. The molecule has 0 spiro atoms. The van der Waals surface area contributed by atoms with Gasteiger partial charge in [0.25, 0.3) is 0 Å². The fourth-order valence-electron chi connectivity index (χ4n) is 2.57. The molecular weight excluding hydrogens is 260 g/mol. The van der Waals surface area contributed by atoms with Crippen LogP contribution in [0.2, 0.25) is 0 Å². The van der Waals surface area contributed by atoms with E-state index in [0.717, 1.165) is 33.4 Å². The maximum atomic E-state index is 9.16. The molecule has 3 aromatic rings. The minimum absolute atomic E-state index is 0.648. The SMILES string of the molecule is Cc1cnc(Cn2ccc3c(C#N)cccc32)c(C)c1N. The molecule has 0 unspecified atom stereocenters. The summed E-state index contributed by atoms with van der Waals surface area (Å²) < 4.78 is 2.10. The van der Waals surface area contributed by atoms with Crippen LogP contribution in [0.5, 0.6) is 0 Å². The number of nitrogens with two attached hydrogens (primary N) is 1. The van der Waals surface area contributed by atoms with Crippen molar-refractivity contribution in [3.05, 3.63) is 59.0 Å². The zero-order chi connectivity index (χ0) is 15.0. The van der Waals surface area contributed by atoms with E-state index < -0.39 is 0 Å². The molecule has 4 heteroatoms. The van der Waals surface area contributed by atoms with E-state index in [1.165, 1.54) is 0 Å². The molecule has 3 rings (SSSR count). The van der Waals surface area contributed by atoms with Gasteiger partial charge in [0.1, 0.15) is 0 Å². The Morgan fingerprint density at radius 3 is 2.86 bits per heavy atom. The quantitative estimate of drug-likeness (QED) is 0.781.